The Morgan fingerprint density at radius 2 is 2.05 bits per heavy atom. The van der Waals surface area contributed by atoms with E-state index in [0.717, 1.165) is 30.5 Å². The first kappa shape index (κ1) is 15.3. The number of alkyl halides is 3. The minimum absolute atomic E-state index is 0.293. The zero-order valence-corrected chi connectivity index (χ0v) is 11.5. The molecule has 1 N–H and O–H groups in total. The number of imidazole rings is 1. The lowest BCUT2D eigenvalue weighted by molar-refractivity contribution is -0.141. The van der Waals surface area contributed by atoms with E-state index in [4.69, 9.17) is 0 Å². The summed E-state index contributed by atoms with van der Waals surface area (Å²) in [6, 6.07) is 0. The van der Waals surface area contributed by atoms with E-state index in [0.29, 0.717) is 18.3 Å². The van der Waals surface area contributed by atoms with Crippen LogP contribution in [0.4, 0.5) is 13.2 Å². The van der Waals surface area contributed by atoms with E-state index >= 15 is 0 Å². The number of hydrogen-bond donors (Lipinski definition) is 1. The van der Waals surface area contributed by atoms with Crippen LogP contribution in [0.5, 0.6) is 0 Å². The maximum atomic E-state index is 12.4. The van der Waals surface area contributed by atoms with Crippen molar-refractivity contribution in [1.82, 2.24) is 14.5 Å². The Labute approximate surface area is 116 Å². The SMILES string of the molecule is C[C@H](O)C1CCN(Cc2nccn2CC(F)(F)F)CC1. The number of piperidine rings is 1. The summed E-state index contributed by atoms with van der Waals surface area (Å²) in [4.78, 5) is 6.11. The van der Waals surface area contributed by atoms with Gasteiger partial charge in [-0.15, -0.1) is 0 Å². The predicted molar refractivity (Wildman–Crippen MR) is 68.0 cm³/mol. The molecule has 2 rings (SSSR count). The number of rotatable bonds is 4. The highest BCUT2D eigenvalue weighted by Crippen LogP contribution is 2.23. The van der Waals surface area contributed by atoms with Crippen LogP contribution in [-0.4, -0.2) is 44.9 Å². The van der Waals surface area contributed by atoms with Crippen LogP contribution in [0.1, 0.15) is 25.6 Å². The topological polar surface area (TPSA) is 41.3 Å². The molecule has 1 atom stereocenters. The first-order chi connectivity index (χ1) is 9.35. The normalized spacial score (nSPS) is 20.2. The fourth-order valence-electron chi connectivity index (χ4n) is 2.62. The molecule has 0 aliphatic carbocycles. The van der Waals surface area contributed by atoms with Crippen molar-refractivity contribution in [2.24, 2.45) is 5.92 Å². The molecular weight excluding hydrogens is 271 g/mol. The average molecular weight is 291 g/mol. The van der Waals surface area contributed by atoms with Gasteiger partial charge in [0.2, 0.25) is 0 Å². The van der Waals surface area contributed by atoms with Gasteiger partial charge in [0.15, 0.2) is 0 Å². The largest absolute Gasteiger partial charge is 0.406 e. The Bertz CT molecular complexity index is 423. The van der Waals surface area contributed by atoms with E-state index in [2.05, 4.69) is 9.88 Å². The van der Waals surface area contributed by atoms with E-state index in [1.54, 1.807) is 6.92 Å². The second-order valence-electron chi connectivity index (χ2n) is 5.44. The number of aliphatic hydroxyl groups is 1. The lowest BCUT2D eigenvalue weighted by Gasteiger charge is -2.33. The number of likely N-dealkylation sites (tertiary alicyclic amines) is 1. The van der Waals surface area contributed by atoms with Gasteiger partial charge in [-0.2, -0.15) is 13.2 Å². The lowest BCUT2D eigenvalue weighted by atomic mass is 9.92. The average Bonchev–Trinajstić information content (AvgIpc) is 2.75. The standard InChI is InChI=1S/C13H20F3N3O/c1-10(20)11-2-5-18(6-3-11)8-12-17-4-7-19(12)9-13(14,15)16/h4,7,10-11,20H,2-3,5-6,8-9H2,1H3/t10-/m0/s1. The Morgan fingerprint density at radius 1 is 1.40 bits per heavy atom. The minimum Gasteiger partial charge on any atom is -0.393 e. The predicted octanol–water partition coefficient (Wildman–Crippen LogP) is 2.04. The van der Waals surface area contributed by atoms with E-state index in [1.165, 1.54) is 12.4 Å². The summed E-state index contributed by atoms with van der Waals surface area (Å²) >= 11 is 0. The summed E-state index contributed by atoms with van der Waals surface area (Å²) in [6.07, 6.45) is -0.0247. The van der Waals surface area contributed by atoms with E-state index in [9.17, 15) is 18.3 Å². The highest BCUT2D eigenvalue weighted by molar-refractivity contribution is 4.94. The maximum absolute atomic E-state index is 12.4. The number of halogens is 3. The number of hydrogen-bond acceptors (Lipinski definition) is 3. The van der Waals surface area contributed by atoms with Crippen molar-refractivity contribution >= 4 is 0 Å². The molecule has 7 heteroatoms. The van der Waals surface area contributed by atoms with Crippen molar-refractivity contribution in [2.75, 3.05) is 13.1 Å². The summed E-state index contributed by atoms with van der Waals surface area (Å²) in [5.74, 6) is 0.735. The van der Waals surface area contributed by atoms with Gasteiger partial charge in [-0.05, 0) is 38.8 Å². The molecule has 0 spiro atoms. The van der Waals surface area contributed by atoms with Gasteiger partial charge in [-0.25, -0.2) is 4.98 Å². The molecule has 0 radical (unpaired) electrons. The van der Waals surface area contributed by atoms with Crippen LogP contribution in [0, 0.1) is 5.92 Å². The summed E-state index contributed by atoms with van der Waals surface area (Å²) in [6.45, 7) is 2.79. The molecule has 0 saturated carbocycles. The van der Waals surface area contributed by atoms with Crippen molar-refractivity contribution in [2.45, 2.75) is 45.1 Å². The smallest absolute Gasteiger partial charge is 0.393 e. The van der Waals surface area contributed by atoms with Crippen molar-refractivity contribution in [3.8, 4) is 0 Å². The Morgan fingerprint density at radius 3 is 2.60 bits per heavy atom. The van der Waals surface area contributed by atoms with Gasteiger partial charge in [0.05, 0.1) is 12.6 Å². The van der Waals surface area contributed by atoms with Crippen molar-refractivity contribution in [1.29, 1.82) is 0 Å². The molecule has 1 aromatic rings. The fraction of sp³-hybridized carbons (Fsp3) is 0.769. The van der Waals surface area contributed by atoms with Gasteiger partial charge in [-0.3, -0.25) is 4.90 Å². The van der Waals surface area contributed by atoms with Gasteiger partial charge < -0.3 is 9.67 Å². The summed E-state index contributed by atoms with van der Waals surface area (Å²) in [7, 11) is 0. The van der Waals surface area contributed by atoms with Crippen LogP contribution >= 0.6 is 0 Å². The third-order valence-corrected chi connectivity index (χ3v) is 3.83. The molecule has 1 fully saturated rings. The van der Waals surface area contributed by atoms with Crippen molar-refractivity contribution in [3.05, 3.63) is 18.2 Å². The van der Waals surface area contributed by atoms with Gasteiger partial charge in [0, 0.05) is 12.4 Å². The highest BCUT2D eigenvalue weighted by Gasteiger charge is 2.29. The zero-order valence-electron chi connectivity index (χ0n) is 11.5. The zero-order chi connectivity index (χ0) is 14.8. The number of aromatic nitrogens is 2. The Hall–Kier alpha value is -1.08. The van der Waals surface area contributed by atoms with Crippen molar-refractivity contribution < 1.29 is 18.3 Å². The quantitative estimate of drug-likeness (QED) is 0.923. The third kappa shape index (κ3) is 4.21. The van der Waals surface area contributed by atoms with Crippen LogP contribution in [0.25, 0.3) is 0 Å². The Balaban J connectivity index is 1.90. The molecule has 1 aliphatic heterocycles. The molecular formula is C13H20F3N3O. The molecule has 1 aliphatic rings. The summed E-state index contributed by atoms with van der Waals surface area (Å²) < 4.78 is 38.4. The molecule has 1 aromatic heterocycles. The van der Waals surface area contributed by atoms with Gasteiger partial charge in [0.1, 0.15) is 12.4 Å². The first-order valence-electron chi connectivity index (χ1n) is 6.82. The van der Waals surface area contributed by atoms with Crippen LogP contribution in [0.2, 0.25) is 0 Å². The summed E-state index contributed by atoms with van der Waals surface area (Å²) in [5.41, 5.74) is 0. The highest BCUT2D eigenvalue weighted by atomic mass is 19.4. The minimum atomic E-state index is -4.23. The second kappa shape index (κ2) is 6.13. The molecule has 0 bridgehead atoms. The van der Waals surface area contributed by atoms with Crippen molar-refractivity contribution in [3.63, 3.8) is 0 Å². The fourth-order valence-corrected chi connectivity index (χ4v) is 2.62. The van der Waals surface area contributed by atoms with Gasteiger partial charge >= 0.3 is 6.18 Å². The van der Waals surface area contributed by atoms with E-state index in [-0.39, 0.29) is 6.10 Å². The van der Waals surface area contributed by atoms with Crippen LogP contribution in [0.15, 0.2) is 12.4 Å². The second-order valence-corrected chi connectivity index (χ2v) is 5.44. The monoisotopic (exact) mass is 291 g/mol. The molecule has 0 amide bonds. The van der Waals surface area contributed by atoms with E-state index in [1.807, 2.05) is 0 Å². The van der Waals surface area contributed by atoms with Gasteiger partial charge in [-0.1, -0.05) is 0 Å². The molecule has 2 heterocycles. The van der Waals surface area contributed by atoms with E-state index < -0.39 is 12.7 Å². The molecule has 1 saturated heterocycles. The number of nitrogens with zero attached hydrogens (tertiary/aromatic N) is 3. The van der Waals surface area contributed by atoms with Crippen LogP contribution in [0.3, 0.4) is 0 Å². The molecule has 114 valence electrons. The summed E-state index contributed by atoms with van der Waals surface area (Å²) in [5, 5.41) is 9.53. The first-order valence-corrected chi connectivity index (χ1v) is 6.82. The van der Waals surface area contributed by atoms with Crippen LogP contribution < -0.4 is 0 Å². The van der Waals surface area contributed by atoms with Gasteiger partial charge in [0.25, 0.3) is 0 Å². The third-order valence-electron chi connectivity index (χ3n) is 3.83. The molecule has 0 unspecified atom stereocenters. The Kier molecular flexibility index (Phi) is 4.70. The number of aliphatic hydroxyl groups excluding tert-OH is 1. The molecule has 20 heavy (non-hydrogen) atoms. The molecule has 4 nitrogen and oxygen atoms in total. The lowest BCUT2D eigenvalue weighted by Crippen LogP contribution is -2.37. The van der Waals surface area contributed by atoms with Crippen LogP contribution in [-0.2, 0) is 13.1 Å². The maximum Gasteiger partial charge on any atom is 0.406 e. The molecule has 0 aromatic carbocycles.